The molecule has 5 nitrogen and oxygen atoms in total. The van der Waals surface area contributed by atoms with E-state index in [0.29, 0.717) is 22.4 Å². The van der Waals surface area contributed by atoms with Gasteiger partial charge in [0.15, 0.2) is 10.4 Å². The first-order valence-corrected chi connectivity index (χ1v) is 6.31. The number of aryl methyl sites for hydroxylation is 1. The van der Waals surface area contributed by atoms with Crippen molar-refractivity contribution in [3.05, 3.63) is 10.3 Å². The van der Waals surface area contributed by atoms with E-state index in [1.807, 2.05) is 0 Å². The lowest BCUT2D eigenvalue weighted by atomic mass is 9.85. The smallest absolute Gasteiger partial charge is 0.188 e. The lowest BCUT2D eigenvalue weighted by molar-refractivity contribution is 0.0890. The summed E-state index contributed by atoms with van der Waals surface area (Å²) in [5, 5.41) is 11.2. The molecule has 6 heteroatoms. The number of nitrogens with zero attached hydrogens (tertiary/aromatic N) is 3. The van der Waals surface area contributed by atoms with Gasteiger partial charge in [-0.25, -0.2) is 4.68 Å². The standard InChI is InChI=1S/C10H13BrN4O/c1-15-8(10(11)13-14-15)9(16)6-4-5-2-3-7(6)12-5/h5-7,12H,2-4H2,1H3. The van der Waals surface area contributed by atoms with Crippen molar-refractivity contribution >= 4 is 21.7 Å². The molecule has 3 atom stereocenters. The van der Waals surface area contributed by atoms with Gasteiger partial charge in [0.25, 0.3) is 0 Å². The van der Waals surface area contributed by atoms with Crippen molar-refractivity contribution in [1.82, 2.24) is 20.3 Å². The summed E-state index contributed by atoms with van der Waals surface area (Å²) in [5.41, 5.74) is 0.597. The highest BCUT2D eigenvalue weighted by molar-refractivity contribution is 9.10. The predicted molar refractivity (Wildman–Crippen MR) is 61.1 cm³/mol. The van der Waals surface area contributed by atoms with E-state index in [-0.39, 0.29) is 11.7 Å². The number of aromatic nitrogens is 3. The Morgan fingerprint density at radius 3 is 2.88 bits per heavy atom. The fourth-order valence-corrected chi connectivity index (χ4v) is 3.41. The maximum Gasteiger partial charge on any atom is 0.188 e. The van der Waals surface area contributed by atoms with E-state index in [2.05, 4.69) is 31.6 Å². The SMILES string of the molecule is Cn1nnc(Br)c1C(=O)C1CC2CCC1N2. The number of fused-ring (bicyclic) bond motifs is 2. The topological polar surface area (TPSA) is 59.8 Å². The van der Waals surface area contributed by atoms with Crippen molar-refractivity contribution in [3.63, 3.8) is 0 Å². The van der Waals surface area contributed by atoms with Crippen LogP contribution in [-0.2, 0) is 7.05 Å². The largest absolute Gasteiger partial charge is 0.310 e. The number of ketones is 1. The molecule has 0 saturated carbocycles. The zero-order chi connectivity index (χ0) is 11.3. The first kappa shape index (κ1) is 10.4. The molecule has 16 heavy (non-hydrogen) atoms. The molecule has 0 spiro atoms. The summed E-state index contributed by atoms with van der Waals surface area (Å²) in [7, 11) is 1.76. The molecule has 1 N–H and O–H groups in total. The Hall–Kier alpha value is -0.750. The van der Waals surface area contributed by atoms with Crippen molar-refractivity contribution in [3.8, 4) is 0 Å². The predicted octanol–water partition coefficient (Wildman–Crippen LogP) is 0.901. The Morgan fingerprint density at radius 2 is 2.38 bits per heavy atom. The van der Waals surface area contributed by atoms with E-state index in [4.69, 9.17) is 0 Å². The van der Waals surface area contributed by atoms with E-state index < -0.39 is 0 Å². The van der Waals surface area contributed by atoms with E-state index >= 15 is 0 Å². The van der Waals surface area contributed by atoms with E-state index in [9.17, 15) is 4.79 Å². The number of hydrogen-bond acceptors (Lipinski definition) is 4. The summed E-state index contributed by atoms with van der Waals surface area (Å²) in [6.45, 7) is 0. The quantitative estimate of drug-likeness (QED) is 0.820. The minimum Gasteiger partial charge on any atom is -0.310 e. The van der Waals surface area contributed by atoms with Crippen molar-refractivity contribution < 1.29 is 4.79 Å². The molecular weight excluding hydrogens is 272 g/mol. The lowest BCUT2D eigenvalue weighted by Crippen LogP contribution is -2.30. The molecule has 3 unspecified atom stereocenters. The number of carbonyl (C=O) groups is 1. The molecule has 3 heterocycles. The second-order valence-electron chi connectivity index (χ2n) is 4.61. The van der Waals surface area contributed by atoms with Gasteiger partial charge in [-0.2, -0.15) is 0 Å². The second-order valence-corrected chi connectivity index (χ2v) is 5.36. The molecule has 0 radical (unpaired) electrons. The molecule has 0 aliphatic carbocycles. The Labute approximate surface area is 102 Å². The van der Waals surface area contributed by atoms with Crippen LogP contribution in [0.4, 0.5) is 0 Å². The van der Waals surface area contributed by atoms with Crippen LogP contribution in [-0.4, -0.2) is 32.9 Å². The number of halogens is 1. The zero-order valence-electron chi connectivity index (χ0n) is 8.98. The fraction of sp³-hybridized carbons (Fsp3) is 0.700. The van der Waals surface area contributed by atoms with Gasteiger partial charge in [-0.3, -0.25) is 4.79 Å². The first-order chi connectivity index (χ1) is 7.66. The number of nitrogens with one attached hydrogen (secondary N) is 1. The molecule has 0 amide bonds. The molecule has 2 aliphatic heterocycles. The highest BCUT2D eigenvalue weighted by atomic mass is 79.9. The zero-order valence-corrected chi connectivity index (χ0v) is 10.6. The highest BCUT2D eigenvalue weighted by Gasteiger charge is 2.44. The maximum atomic E-state index is 12.4. The Morgan fingerprint density at radius 1 is 1.56 bits per heavy atom. The van der Waals surface area contributed by atoms with Gasteiger partial charge in [0.05, 0.1) is 0 Å². The van der Waals surface area contributed by atoms with Crippen LogP contribution in [0.25, 0.3) is 0 Å². The Kier molecular flexibility index (Phi) is 2.36. The van der Waals surface area contributed by atoms with Crippen LogP contribution >= 0.6 is 15.9 Å². The van der Waals surface area contributed by atoms with Gasteiger partial charge in [0, 0.05) is 25.0 Å². The van der Waals surface area contributed by atoms with Crippen molar-refractivity contribution in [1.29, 1.82) is 0 Å². The average molecular weight is 285 g/mol. The number of carbonyl (C=O) groups excluding carboxylic acids is 1. The Bertz CT molecular complexity index is 425. The minimum absolute atomic E-state index is 0.104. The summed E-state index contributed by atoms with van der Waals surface area (Å²) in [5.74, 6) is 0.270. The van der Waals surface area contributed by atoms with Crippen LogP contribution in [0.3, 0.4) is 0 Å². The van der Waals surface area contributed by atoms with Gasteiger partial charge in [0.2, 0.25) is 0 Å². The van der Waals surface area contributed by atoms with Gasteiger partial charge in [-0.15, -0.1) is 5.10 Å². The third-order valence-corrected chi connectivity index (χ3v) is 4.19. The van der Waals surface area contributed by atoms with Gasteiger partial charge < -0.3 is 5.32 Å². The van der Waals surface area contributed by atoms with Gasteiger partial charge in [0.1, 0.15) is 5.69 Å². The molecule has 1 aromatic heterocycles. The summed E-state index contributed by atoms with van der Waals surface area (Å²) >= 11 is 3.28. The fourth-order valence-electron chi connectivity index (χ4n) is 2.88. The van der Waals surface area contributed by atoms with Crippen molar-refractivity contribution in [2.75, 3.05) is 0 Å². The van der Waals surface area contributed by atoms with Crippen LogP contribution in [0.15, 0.2) is 4.60 Å². The molecule has 2 bridgehead atoms. The van der Waals surface area contributed by atoms with E-state index in [1.165, 1.54) is 6.42 Å². The van der Waals surface area contributed by atoms with Crippen LogP contribution < -0.4 is 5.32 Å². The number of Topliss-reactive ketones (excluding diaryl/α,β-unsaturated/α-hetero) is 1. The average Bonchev–Trinajstić information content (AvgIpc) is 2.93. The second kappa shape index (κ2) is 3.63. The molecule has 86 valence electrons. The molecule has 1 aromatic rings. The molecule has 2 saturated heterocycles. The van der Waals surface area contributed by atoms with Crippen LogP contribution in [0, 0.1) is 5.92 Å². The van der Waals surface area contributed by atoms with E-state index in [0.717, 1.165) is 12.8 Å². The maximum absolute atomic E-state index is 12.4. The normalized spacial score (nSPS) is 32.2. The monoisotopic (exact) mass is 284 g/mol. The van der Waals surface area contributed by atoms with Gasteiger partial charge >= 0.3 is 0 Å². The molecule has 2 aliphatic rings. The summed E-state index contributed by atoms with van der Waals surface area (Å²) in [6.07, 6.45) is 3.28. The first-order valence-electron chi connectivity index (χ1n) is 5.52. The molecule has 0 aromatic carbocycles. The summed E-state index contributed by atoms with van der Waals surface area (Å²) in [4.78, 5) is 12.4. The number of rotatable bonds is 2. The lowest BCUT2D eigenvalue weighted by Gasteiger charge is -2.18. The summed E-state index contributed by atoms with van der Waals surface area (Å²) < 4.78 is 2.11. The molecule has 2 fully saturated rings. The molecular formula is C10H13BrN4O. The number of hydrogen-bond donors (Lipinski definition) is 1. The van der Waals surface area contributed by atoms with Crippen LogP contribution in [0.1, 0.15) is 29.8 Å². The van der Waals surface area contributed by atoms with Crippen LogP contribution in [0.5, 0.6) is 0 Å². The molecule has 3 rings (SSSR count). The van der Waals surface area contributed by atoms with E-state index in [1.54, 1.807) is 11.7 Å². The van der Waals surface area contributed by atoms with Gasteiger partial charge in [-0.05, 0) is 35.2 Å². The van der Waals surface area contributed by atoms with Crippen LogP contribution in [0.2, 0.25) is 0 Å². The van der Waals surface area contributed by atoms with Crippen molar-refractivity contribution in [2.45, 2.75) is 31.3 Å². The third kappa shape index (κ3) is 1.43. The summed E-state index contributed by atoms with van der Waals surface area (Å²) in [6, 6.07) is 0.901. The highest BCUT2D eigenvalue weighted by Crippen LogP contribution is 2.35. The van der Waals surface area contributed by atoms with Gasteiger partial charge in [-0.1, -0.05) is 5.21 Å². The third-order valence-electron chi connectivity index (χ3n) is 3.66. The minimum atomic E-state index is 0.104. The Balaban J connectivity index is 1.89. The van der Waals surface area contributed by atoms with Crippen molar-refractivity contribution in [2.24, 2.45) is 13.0 Å².